The highest BCUT2D eigenvalue weighted by Crippen LogP contribution is 2.28. The fourth-order valence-corrected chi connectivity index (χ4v) is 4.04. The van der Waals surface area contributed by atoms with Gasteiger partial charge in [0.2, 0.25) is 17.8 Å². The lowest BCUT2D eigenvalue weighted by molar-refractivity contribution is 0.122. The van der Waals surface area contributed by atoms with Gasteiger partial charge in [0.25, 0.3) is 0 Å². The standard InChI is InChI=1S/C22H22BrN7O/c1-14-11-17(23)12-15(2)19(14)26-21-27-20(25-18-5-3-16(13-24)4-6-18)28-22(29-21)30-7-9-31-10-8-30/h3-6,11-12H,7-10H2,1-2H3,(H2,25,26,27,28,29). The summed E-state index contributed by atoms with van der Waals surface area (Å²) in [6.07, 6.45) is 0. The maximum Gasteiger partial charge on any atom is 0.233 e. The minimum absolute atomic E-state index is 0.427. The van der Waals surface area contributed by atoms with E-state index in [1.807, 2.05) is 26.0 Å². The van der Waals surface area contributed by atoms with Crippen LogP contribution in [-0.4, -0.2) is 41.3 Å². The fourth-order valence-electron chi connectivity index (χ4n) is 3.36. The van der Waals surface area contributed by atoms with E-state index in [0.29, 0.717) is 36.6 Å². The van der Waals surface area contributed by atoms with Crippen LogP contribution in [0.3, 0.4) is 0 Å². The molecule has 0 spiro atoms. The molecule has 0 radical (unpaired) electrons. The van der Waals surface area contributed by atoms with Crippen molar-refractivity contribution >= 4 is 45.1 Å². The Morgan fingerprint density at radius 3 is 2.19 bits per heavy atom. The van der Waals surface area contributed by atoms with Crippen LogP contribution in [0, 0.1) is 25.2 Å². The van der Waals surface area contributed by atoms with Gasteiger partial charge in [-0.2, -0.15) is 20.2 Å². The second kappa shape index (κ2) is 9.29. The molecule has 8 nitrogen and oxygen atoms in total. The number of nitrogens with one attached hydrogen (secondary N) is 2. The number of aromatic nitrogens is 3. The maximum atomic E-state index is 9.01. The number of nitrogens with zero attached hydrogens (tertiary/aromatic N) is 5. The summed E-state index contributed by atoms with van der Waals surface area (Å²) < 4.78 is 6.49. The van der Waals surface area contributed by atoms with Crippen molar-refractivity contribution in [3.8, 4) is 6.07 Å². The molecule has 3 aromatic rings. The second-order valence-corrected chi connectivity index (χ2v) is 8.15. The third-order valence-electron chi connectivity index (χ3n) is 4.92. The first-order chi connectivity index (χ1) is 15.0. The number of rotatable bonds is 5. The Hall–Kier alpha value is -3.22. The summed E-state index contributed by atoms with van der Waals surface area (Å²) in [6, 6.07) is 13.4. The van der Waals surface area contributed by atoms with Crippen molar-refractivity contribution in [1.82, 2.24) is 15.0 Å². The van der Waals surface area contributed by atoms with Gasteiger partial charge >= 0.3 is 0 Å². The minimum Gasteiger partial charge on any atom is -0.378 e. The SMILES string of the molecule is Cc1cc(Br)cc(C)c1Nc1nc(Nc2ccc(C#N)cc2)nc(N2CCOCC2)n1. The number of halogens is 1. The first kappa shape index (κ1) is 21.0. The fraction of sp³-hybridized carbons (Fsp3) is 0.273. The highest BCUT2D eigenvalue weighted by molar-refractivity contribution is 9.10. The molecule has 1 fully saturated rings. The van der Waals surface area contributed by atoms with Crippen molar-refractivity contribution in [1.29, 1.82) is 5.26 Å². The van der Waals surface area contributed by atoms with Crippen LogP contribution in [0.2, 0.25) is 0 Å². The summed E-state index contributed by atoms with van der Waals surface area (Å²) in [4.78, 5) is 16.0. The highest BCUT2D eigenvalue weighted by Gasteiger charge is 2.17. The van der Waals surface area contributed by atoms with Crippen LogP contribution in [0.4, 0.5) is 29.2 Å². The molecule has 0 bridgehead atoms. The van der Waals surface area contributed by atoms with E-state index in [0.717, 1.165) is 40.1 Å². The van der Waals surface area contributed by atoms with Crippen molar-refractivity contribution in [3.05, 3.63) is 57.6 Å². The van der Waals surface area contributed by atoms with Crippen molar-refractivity contribution in [2.75, 3.05) is 41.8 Å². The number of anilines is 5. The van der Waals surface area contributed by atoms with E-state index in [1.54, 1.807) is 12.1 Å². The van der Waals surface area contributed by atoms with Crippen LogP contribution >= 0.6 is 15.9 Å². The predicted molar refractivity (Wildman–Crippen MR) is 124 cm³/mol. The molecular formula is C22H22BrN7O. The van der Waals surface area contributed by atoms with Crippen molar-refractivity contribution in [2.24, 2.45) is 0 Å². The summed E-state index contributed by atoms with van der Waals surface area (Å²) in [5, 5.41) is 15.6. The lowest BCUT2D eigenvalue weighted by Gasteiger charge is -2.27. The number of nitriles is 1. The van der Waals surface area contributed by atoms with Gasteiger partial charge in [-0.15, -0.1) is 0 Å². The zero-order chi connectivity index (χ0) is 21.8. The van der Waals surface area contributed by atoms with Crippen LogP contribution < -0.4 is 15.5 Å². The third-order valence-corrected chi connectivity index (χ3v) is 5.38. The molecule has 1 aliphatic rings. The number of aryl methyl sites for hydroxylation is 2. The van der Waals surface area contributed by atoms with Crippen molar-refractivity contribution in [3.63, 3.8) is 0 Å². The van der Waals surface area contributed by atoms with E-state index in [2.05, 4.69) is 64.6 Å². The zero-order valence-electron chi connectivity index (χ0n) is 17.3. The van der Waals surface area contributed by atoms with E-state index < -0.39 is 0 Å². The van der Waals surface area contributed by atoms with Crippen LogP contribution in [0.5, 0.6) is 0 Å². The average Bonchev–Trinajstić information content (AvgIpc) is 2.77. The van der Waals surface area contributed by atoms with Crippen LogP contribution in [0.1, 0.15) is 16.7 Å². The quantitative estimate of drug-likeness (QED) is 0.553. The van der Waals surface area contributed by atoms with E-state index in [1.165, 1.54) is 0 Å². The Morgan fingerprint density at radius 1 is 0.968 bits per heavy atom. The van der Waals surface area contributed by atoms with Gasteiger partial charge in [-0.1, -0.05) is 15.9 Å². The molecule has 0 unspecified atom stereocenters. The molecule has 1 saturated heterocycles. The number of ether oxygens (including phenoxy) is 1. The molecule has 2 aromatic carbocycles. The molecule has 158 valence electrons. The second-order valence-electron chi connectivity index (χ2n) is 7.24. The molecule has 9 heteroatoms. The number of morpholine rings is 1. The molecule has 0 amide bonds. The van der Waals surface area contributed by atoms with Crippen LogP contribution in [0.15, 0.2) is 40.9 Å². The lowest BCUT2D eigenvalue weighted by Crippen LogP contribution is -2.37. The van der Waals surface area contributed by atoms with Crippen LogP contribution in [0.25, 0.3) is 0 Å². The third kappa shape index (κ3) is 5.10. The average molecular weight is 480 g/mol. The normalized spacial score (nSPS) is 13.5. The maximum absolute atomic E-state index is 9.01. The largest absolute Gasteiger partial charge is 0.378 e. The molecule has 1 aliphatic heterocycles. The predicted octanol–water partition coefficient (Wildman–Crippen LogP) is 4.45. The Bertz CT molecular complexity index is 1100. The molecular weight excluding hydrogens is 458 g/mol. The molecule has 0 atom stereocenters. The summed E-state index contributed by atoms with van der Waals surface area (Å²) >= 11 is 3.54. The molecule has 4 rings (SSSR count). The van der Waals surface area contributed by atoms with E-state index in [-0.39, 0.29) is 0 Å². The van der Waals surface area contributed by atoms with Gasteiger partial charge in [0.05, 0.1) is 24.8 Å². The van der Waals surface area contributed by atoms with E-state index in [4.69, 9.17) is 10.00 Å². The van der Waals surface area contributed by atoms with Gasteiger partial charge in [-0.25, -0.2) is 0 Å². The number of hydrogen-bond donors (Lipinski definition) is 2. The minimum atomic E-state index is 0.427. The van der Waals surface area contributed by atoms with Gasteiger partial charge in [-0.05, 0) is 61.4 Å². The Kier molecular flexibility index (Phi) is 6.30. The summed E-state index contributed by atoms with van der Waals surface area (Å²) in [7, 11) is 0. The van der Waals surface area contributed by atoms with Gasteiger partial charge in [-0.3, -0.25) is 0 Å². The Labute approximate surface area is 189 Å². The number of hydrogen-bond acceptors (Lipinski definition) is 8. The van der Waals surface area contributed by atoms with Gasteiger partial charge < -0.3 is 20.3 Å². The van der Waals surface area contributed by atoms with Crippen molar-refractivity contribution < 1.29 is 4.74 Å². The monoisotopic (exact) mass is 479 g/mol. The van der Waals surface area contributed by atoms with Gasteiger partial charge in [0.1, 0.15) is 0 Å². The first-order valence-corrected chi connectivity index (χ1v) is 10.7. The molecule has 2 N–H and O–H groups in total. The van der Waals surface area contributed by atoms with E-state index in [9.17, 15) is 0 Å². The summed E-state index contributed by atoms with van der Waals surface area (Å²) in [6.45, 7) is 6.79. The lowest BCUT2D eigenvalue weighted by atomic mass is 10.1. The topological polar surface area (TPSA) is 99.0 Å². The van der Waals surface area contributed by atoms with Crippen LogP contribution in [-0.2, 0) is 4.74 Å². The Balaban J connectivity index is 1.68. The molecule has 2 heterocycles. The summed E-state index contributed by atoms with van der Waals surface area (Å²) in [5.41, 5.74) is 4.52. The molecule has 0 aliphatic carbocycles. The van der Waals surface area contributed by atoms with Crippen molar-refractivity contribution in [2.45, 2.75) is 13.8 Å². The Morgan fingerprint density at radius 2 is 1.58 bits per heavy atom. The molecule has 0 saturated carbocycles. The summed E-state index contributed by atoms with van der Waals surface area (Å²) in [5.74, 6) is 1.47. The number of benzene rings is 2. The highest BCUT2D eigenvalue weighted by atomic mass is 79.9. The van der Waals surface area contributed by atoms with Gasteiger partial charge in [0.15, 0.2) is 0 Å². The zero-order valence-corrected chi connectivity index (χ0v) is 18.9. The molecule has 31 heavy (non-hydrogen) atoms. The van der Waals surface area contributed by atoms with Gasteiger partial charge in [0, 0.05) is 28.9 Å². The smallest absolute Gasteiger partial charge is 0.233 e. The van der Waals surface area contributed by atoms with E-state index >= 15 is 0 Å². The molecule has 1 aromatic heterocycles. The first-order valence-electron chi connectivity index (χ1n) is 9.91.